The molecule has 5 heteroatoms. The first kappa shape index (κ1) is 21.3. The van der Waals surface area contributed by atoms with Crippen LogP contribution in [0.2, 0.25) is 0 Å². The average molecular weight is 397 g/mol. The van der Waals surface area contributed by atoms with Crippen molar-refractivity contribution in [3.63, 3.8) is 0 Å². The molecule has 27 heavy (non-hydrogen) atoms. The number of rotatable bonds is 3. The number of sulfone groups is 1. The summed E-state index contributed by atoms with van der Waals surface area (Å²) in [6.07, 6.45) is 11.1. The van der Waals surface area contributed by atoms with Crippen molar-refractivity contribution in [3.8, 4) is 0 Å². The van der Waals surface area contributed by atoms with Crippen molar-refractivity contribution in [2.24, 2.45) is 0 Å². The third kappa shape index (κ3) is 4.97. The molecule has 0 N–H and O–H groups in total. The van der Waals surface area contributed by atoms with E-state index in [1.165, 1.54) is 44.3 Å². The summed E-state index contributed by atoms with van der Waals surface area (Å²) in [7, 11) is -3.17. The number of hydrogen-bond donors (Lipinski definition) is 0. The number of allylic oxidation sites excluding steroid dienone is 2. The molecular weight excluding hydrogens is 356 g/mol. The number of fused-ring (bicyclic) bond motifs is 3. The minimum atomic E-state index is -3.17. The fraction of sp³-hybridized carbons (Fsp3) is 0.909. The second-order valence-corrected chi connectivity index (χ2v) is 11.6. The van der Waals surface area contributed by atoms with Crippen molar-refractivity contribution in [3.05, 3.63) is 10.5 Å². The molecule has 0 spiro atoms. The monoisotopic (exact) mass is 396 g/mol. The Morgan fingerprint density at radius 1 is 0.963 bits per heavy atom. The molecule has 3 heterocycles. The van der Waals surface area contributed by atoms with Gasteiger partial charge in [0, 0.05) is 30.1 Å². The molecule has 3 aliphatic heterocycles. The van der Waals surface area contributed by atoms with Crippen LogP contribution >= 0.6 is 0 Å². The van der Waals surface area contributed by atoms with Crippen molar-refractivity contribution in [2.75, 3.05) is 26.2 Å². The van der Waals surface area contributed by atoms with Crippen LogP contribution in [-0.4, -0.2) is 61.7 Å². The van der Waals surface area contributed by atoms with Crippen LogP contribution in [0.15, 0.2) is 10.5 Å². The maximum absolute atomic E-state index is 13.3. The fourth-order valence-corrected chi connectivity index (χ4v) is 7.23. The topological polar surface area (TPSA) is 40.6 Å². The molecule has 4 unspecified atom stereocenters. The highest BCUT2D eigenvalue weighted by molar-refractivity contribution is 7.95. The number of nitrogens with zero attached hydrogens (tertiary/aromatic N) is 2. The second-order valence-electron chi connectivity index (χ2n) is 9.06. The summed E-state index contributed by atoms with van der Waals surface area (Å²) in [4.78, 5) is 6.03. The number of hydrogen-bond acceptors (Lipinski definition) is 4. The third-order valence-electron chi connectivity index (χ3n) is 7.28. The van der Waals surface area contributed by atoms with Crippen LogP contribution in [0.1, 0.15) is 85.0 Å². The van der Waals surface area contributed by atoms with E-state index in [0.29, 0.717) is 17.0 Å². The van der Waals surface area contributed by atoms with Gasteiger partial charge >= 0.3 is 0 Å². The van der Waals surface area contributed by atoms with Gasteiger partial charge in [-0.15, -0.1) is 0 Å². The van der Waals surface area contributed by atoms with Crippen molar-refractivity contribution in [1.29, 1.82) is 0 Å². The summed E-state index contributed by atoms with van der Waals surface area (Å²) in [5.41, 5.74) is 1.19. The van der Waals surface area contributed by atoms with Crippen molar-refractivity contribution < 1.29 is 8.42 Å². The molecule has 0 amide bonds. The predicted molar refractivity (Wildman–Crippen MR) is 114 cm³/mol. The van der Waals surface area contributed by atoms with Gasteiger partial charge in [-0.1, -0.05) is 25.3 Å². The largest absolute Gasteiger partial charge is 0.302 e. The van der Waals surface area contributed by atoms with Gasteiger partial charge in [-0.25, -0.2) is 8.42 Å². The van der Waals surface area contributed by atoms with E-state index in [9.17, 15) is 8.42 Å². The van der Waals surface area contributed by atoms with Gasteiger partial charge in [-0.05, 0) is 78.3 Å². The van der Waals surface area contributed by atoms with Crippen LogP contribution in [0.3, 0.4) is 0 Å². The molecule has 0 aliphatic carbocycles. The van der Waals surface area contributed by atoms with Gasteiger partial charge in [0.2, 0.25) is 0 Å². The van der Waals surface area contributed by atoms with E-state index >= 15 is 0 Å². The summed E-state index contributed by atoms with van der Waals surface area (Å²) in [6, 6.07) is 1.09. The smallest absolute Gasteiger partial charge is 0.176 e. The molecular formula is C22H40N2O2S. The van der Waals surface area contributed by atoms with Crippen LogP contribution in [0.25, 0.3) is 0 Å². The van der Waals surface area contributed by atoms with Crippen LogP contribution in [0.4, 0.5) is 0 Å². The zero-order chi connectivity index (χ0) is 19.4. The van der Waals surface area contributed by atoms with Gasteiger partial charge in [-0.2, -0.15) is 0 Å². The maximum atomic E-state index is 13.3. The fourth-order valence-electron chi connectivity index (χ4n) is 5.54. The lowest BCUT2D eigenvalue weighted by atomic mass is 9.96. The molecule has 2 fully saturated rings. The van der Waals surface area contributed by atoms with Gasteiger partial charge in [0.05, 0.1) is 5.25 Å². The molecule has 4 atom stereocenters. The molecule has 0 saturated carbocycles. The Morgan fingerprint density at radius 2 is 1.74 bits per heavy atom. The molecule has 4 nitrogen and oxygen atoms in total. The summed E-state index contributed by atoms with van der Waals surface area (Å²) in [5, 5.41) is -0.268. The molecule has 0 aromatic carbocycles. The molecule has 3 rings (SSSR count). The Hall–Kier alpha value is -0.390. The van der Waals surface area contributed by atoms with Gasteiger partial charge in [0.25, 0.3) is 0 Å². The lowest BCUT2D eigenvalue weighted by molar-refractivity contribution is 0.106. The van der Waals surface area contributed by atoms with E-state index in [1.807, 2.05) is 13.8 Å². The normalized spacial score (nSPS) is 38.9. The van der Waals surface area contributed by atoms with E-state index in [0.717, 1.165) is 51.6 Å². The molecule has 3 aliphatic rings. The van der Waals surface area contributed by atoms with Crippen molar-refractivity contribution in [2.45, 2.75) is 102 Å². The van der Waals surface area contributed by atoms with Crippen LogP contribution in [-0.2, 0) is 9.84 Å². The highest BCUT2D eigenvalue weighted by Gasteiger charge is 2.35. The summed E-state index contributed by atoms with van der Waals surface area (Å²) < 4.78 is 26.5. The summed E-state index contributed by atoms with van der Waals surface area (Å²) in [5.74, 6) is 0. The van der Waals surface area contributed by atoms with Gasteiger partial charge in [-0.3, -0.25) is 4.90 Å². The minimum absolute atomic E-state index is 0.268. The lowest BCUT2D eigenvalue weighted by Crippen LogP contribution is -2.47. The Kier molecular flexibility index (Phi) is 7.43. The zero-order valence-electron chi connectivity index (χ0n) is 17.8. The average Bonchev–Trinajstić information content (AvgIpc) is 2.98. The Morgan fingerprint density at radius 3 is 2.52 bits per heavy atom. The minimum Gasteiger partial charge on any atom is -0.302 e. The quantitative estimate of drug-likeness (QED) is 0.710. The molecule has 0 radical (unpaired) electrons. The Bertz CT molecular complexity index is 628. The summed E-state index contributed by atoms with van der Waals surface area (Å²) in [6.45, 7) is 10.7. The first-order chi connectivity index (χ1) is 12.9. The van der Waals surface area contributed by atoms with E-state index in [1.54, 1.807) is 0 Å². The highest BCUT2D eigenvalue weighted by atomic mass is 32.2. The Labute approximate surface area is 167 Å². The zero-order valence-corrected chi connectivity index (χ0v) is 18.6. The van der Waals surface area contributed by atoms with E-state index in [4.69, 9.17) is 0 Å². The standard InChI is InChI=1S/C22H40N2O2S/c1-4-8-20-9-5-6-10-22(17-18(2)27(25,26)19(20)3)24-16-15-23-13-7-11-21(24)12-14-23/h18,21-22H,4-17H2,1-3H3/b20-19-. The van der Waals surface area contributed by atoms with E-state index < -0.39 is 9.84 Å². The van der Waals surface area contributed by atoms with E-state index in [2.05, 4.69) is 16.7 Å². The Balaban J connectivity index is 1.81. The molecule has 156 valence electrons. The second kappa shape index (κ2) is 9.41. The first-order valence-corrected chi connectivity index (χ1v) is 12.9. The lowest BCUT2D eigenvalue weighted by Gasteiger charge is -2.39. The molecule has 2 bridgehead atoms. The van der Waals surface area contributed by atoms with Crippen molar-refractivity contribution in [1.82, 2.24) is 9.80 Å². The van der Waals surface area contributed by atoms with Crippen LogP contribution in [0, 0.1) is 0 Å². The highest BCUT2D eigenvalue weighted by Crippen LogP contribution is 2.32. The van der Waals surface area contributed by atoms with Gasteiger partial charge < -0.3 is 4.90 Å². The first-order valence-electron chi connectivity index (χ1n) is 11.3. The van der Waals surface area contributed by atoms with E-state index in [-0.39, 0.29) is 5.25 Å². The predicted octanol–water partition coefficient (Wildman–Crippen LogP) is 4.37. The molecule has 2 saturated heterocycles. The maximum Gasteiger partial charge on any atom is 0.176 e. The summed E-state index contributed by atoms with van der Waals surface area (Å²) >= 11 is 0. The third-order valence-corrected chi connectivity index (χ3v) is 9.67. The SMILES string of the molecule is CCC/C1=C(\C)S(=O)(=O)C(C)CC(N2CCN3CCCC2CC3)CCCC1. The van der Waals surface area contributed by atoms with Gasteiger partial charge in [0.1, 0.15) is 0 Å². The van der Waals surface area contributed by atoms with Crippen LogP contribution in [0.5, 0.6) is 0 Å². The van der Waals surface area contributed by atoms with Crippen LogP contribution < -0.4 is 0 Å². The van der Waals surface area contributed by atoms with Gasteiger partial charge in [0.15, 0.2) is 9.84 Å². The molecule has 0 aromatic heterocycles. The van der Waals surface area contributed by atoms with Crippen molar-refractivity contribution >= 4 is 9.84 Å². The molecule has 0 aromatic rings.